The molecule has 1 amide bonds. The molecule has 1 aliphatic carbocycles. The number of fused-ring (bicyclic) bond motifs is 1. The number of aromatic nitrogens is 4. The van der Waals surface area contributed by atoms with Crippen LogP contribution in [-0.4, -0.2) is 61.4 Å². The van der Waals surface area contributed by atoms with Crippen LogP contribution in [0, 0.1) is 0 Å². The maximum atomic E-state index is 13.1. The molecule has 7 heteroatoms. The highest BCUT2D eigenvalue weighted by atomic mass is 16.2. The molecular weight excluding hydrogens is 376 g/mol. The highest BCUT2D eigenvalue weighted by Crippen LogP contribution is 2.31. The standard InChI is InChI=1S/C23H28N6O/c30-23(28-11-5-10-27(12-13-28)16-19-6-3-4-9-24-19)18-14-21-22(25-15-18)29(17-26-21)20-7-1-2-8-20/h3-4,6,9,14-15,17,20H,1-2,5,7-8,10-13,16H2. The number of amides is 1. The first-order chi connectivity index (χ1) is 14.8. The Morgan fingerprint density at radius 3 is 2.73 bits per heavy atom. The van der Waals surface area contributed by atoms with Crippen LogP contribution < -0.4 is 0 Å². The van der Waals surface area contributed by atoms with E-state index in [1.165, 1.54) is 25.7 Å². The van der Waals surface area contributed by atoms with Gasteiger partial charge in [0, 0.05) is 51.2 Å². The number of carbonyl (C=O) groups is 1. The summed E-state index contributed by atoms with van der Waals surface area (Å²) in [5.74, 6) is 0.0551. The lowest BCUT2D eigenvalue weighted by Crippen LogP contribution is -2.35. The molecule has 5 rings (SSSR count). The van der Waals surface area contributed by atoms with Crippen molar-refractivity contribution in [1.82, 2.24) is 29.3 Å². The van der Waals surface area contributed by atoms with Gasteiger partial charge >= 0.3 is 0 Å². The molecule has 1 saturated carbocycles. The van der Waals surface area contributed by atoms with Crippen molar-refractivity contribution in [3.8, 4) is 0 Å². The Balaban J connectivity index is 1.26. The van der Waals surface area contributed by atoms with Crippen molar-refractivity contribution in [2.45, 2.75) is 44.7 Å². The Morgan fingerprint density at radius 1 is 1.00 bits per heavy atom. The van der Waals surface area contributed by atoms with Gasteiger partial charge in [-0.25, -0.2) is 9.97 Å². The van der Waals surface area contributed by atoms with Crippen molar-refractivity contribution in [2.75, 3.05) is 26.2 Å². The maximum Gasteiger partial charge on any atom is 0.255 e. The molecule has 0 radical (unpaired) electrons. The summed E-state index contributed by atoms with van der Waals surface area (Å²) in [7, 11) is 0. The normalized spacial score (nSPS) is 18.7. The van der Waals surface area contributed by atoms with Crippen LogP contribution in [0.25, 0.3) is 11.2 Å². The van der Waals surface area contributed by atoms with Gasteiger partial charge in [-0.2, -0.15) is 0 Å². The summed E-state index contributed by atoms with van der Waals surface area (Å²) in [6, 6.07) is 8.42. The molecule has 1 saturated heterocycles. The summed E-state index contributed by atoms with van der Waals surface area (Å²) >= 11 is 0. The number of hydrogen-bond acceptors (Lipinski definition) is 5. The van der Waals surface area contributed by atoms with Crippen molar-refractivity contribution in [3.63, 3.8) is 0 Å². The van der Waals surface area contributed by atoms with Gasteiger partial charge < -0.3 is 9.47 Å². The molecule has 0 spiro atoms. The Hall–Kier alpha value is -2.80. The molecule has 7 nitrogen and oxygen atoms in total. The smallest absolute Gasteiger partial charge is 0.255 e. The van der Waals surface area contributed by atoms with Crippen molar-refractivity contribution in [3.05, 3.63) is 54.2 Å². The van der Waals surface area contributed by atoms with Gasteiger partial charge in [-0.3, -0.25) is 14.7 Å². The highest BCUT2D eigenvalue weighted by Gasteiger charge is 2.23. The number of nitrogens with zero attached hydrogens (tertiary/aromatic N) is 6. The largest absolute Gasteiger partial charge is 0.337 e. The van der Waals surface area contributed by atoms with Crippen LogP contribution in [0.2, 0.25) is 0 Å². The van der Waals surface area contributed by atoms with Gasteiger partial charge in [-0.15, -0.1) is 0 Å². The van der Waals surface area contributed by atoms with Crippen molar-refractivity contribution in [1.29, 1.82) is 0 Å². The second-order valence-electron chi connectivity index (χ2n) is 8.40. The van der Waals surface area contributed by atoms with Crippen molar-refractivity contribution in [2.24, 2.45) is 0 Å². The van der Waals surface area contributed by atoms with Crippen molar-refractivity contribution >= 4 is 17.1 Å². The molecule has 1 aliphatic heterocycles. The highest BCUT2D eigenvalue weighted by molar-refractivity contribution is 5.96. The van der Waals surface area contributed by atoms with Crippen LogP contribution in [0.3, 0.4) is 0 Å². The zero-order valence-electron chi connectivity index (χ0n) is 17.3. The molecule has 3 aromatic rings. The maximum absolute atomic E-state index is 13.1. The van der Waals surface area contributed by atoms with Gasteiger partial charge in [0.15, 0.2) is 5.65 Å². The molecule has 3 aromatic heterocycles. The van der Waals surface area contributed by atoms with Gasteiger partial charge in [0.2, 0.25) is 0 Å². The third-order valence-corrected chi connectivity index (χ3v) is 6.37. The Kier molecular flexibility index (Phi) is 5.45. The molecule has 4 heterocycles. The fourth-order valence-electron chi connectivity index (χ4n) is 4.72. The summed E-state index contributed by atoms with van der Waals surface area (Å²) in [5, 5.41) is 0. The SMILES string of the molecule is O=C(c1cnc2c(c1)ncn2C1CCCC1)N1CCCN(Cc2ccccn2)CC1. The third kappa shape index (κ3) is 3.94. The molecule has 30 heavy (non-hydrogen) atoms. The van der Waals surface area contributed by atoms with Crippen LogP contribution in [-0.2, 0) is 6.54 Å². The van der Waals surface area contributed by atoms with Gasteiger partial charge in [-0.05, 0) is 37.5 Å². The van der Waals surface area contributed by atoms with E-state index in [-0.39, 0.29) is 5.91 Å². The minimum absolute atomic E-state index is 0.0551. The van der Waals surface area contributed by atoms with E-state index < -0.39 is 0 Å². The average Bonchev–Trinajstić information content (AvgIpc) is 3.39. The molecule has 0 aromatic carbocycles. The van der Waals surface area contributed by atoms with E-state index in [9.17, 15) is 4.79 Å². The summed E-state index contributed by atoms with van der Waals surface area (Å²) < 4.78 is 2.19. The summed E-state index contributed by atoms with van der Waals surface area (Å²) in [6.45, 7) is 4.15. The second-order valence-corrected chi connectivity index (χ2v) is 8.40. The number of imidazole rings is 1. The third-order valence-electron chi connectivity index (χ3n) is 6.37. The number of carbonyl (C=O) groups excluding carboxylic acids is 1. The Bertz CT molecular complexity index is 1010. The first-order valence-electron chi connectivity index (χ1n) is 11.0. The summed E-state index contributed by atoms with van der Waals surface area (Å²) in [4.78, 5) is 31.1. The van der Waals surface area contributed by atoms with Gasteiger partial charge in [0.1, 0.15) is 5.52 Å². The van der Waals surface area contributed by atoms with Gasteiger partial charge in [0.05, 0.1) is 17.6 Å². The minimum Gasteiger partial charge on any atom is -0.337 e. The molecule has 0 atom stereocenters. The monoisotopic (exact) mass is 404 g/mol. The minimum atomic E-state index is 0.0551. The average molecular weight is 405 g/mol. The van der Waals surface area contributed by atoms with E-state index in [0.717, 1.165) is 56.0 Å². The van der Waals surface area contributed by atoms with E-state index in [0.29, 0.717) is 11.6 Å². The summed E-state index contributed by atoms with van der Waals surface area (Å²) in [6.07, 6.45) is 11.3. The van der Waals surface area contributed by atoms with E-state index in [2.05, 4.69) is 30.5 Å². The van der Waals surface area contributed by atoms with Crippen LogP contribution in [0.4, 0.5) is 0 Å². The molecule has 0 unspecified atom stereocenters. The first-order valence-corrected chi connectivity index (χ1v) is 11.0. The number of pyridine rings is 2. The van der Waals surface area contributed by atoms with Crippen molar-refractivity contribution < 1.29 is 4.79 Å². The van der Waals surface area contributed by atoms with E-state index in [1.54, 1.807) is 6.20 Å². The Morgan fingerprint density at radius 2 is 1.90 bits per heavy atom. The Labute approximate surface area is 176 Å². The lowest BCUT2D eigenvalue weighted by atomic mass is 10.2. The van der Waals surface area contributed by atoms with E-state index in [1.807, 2.05) is 35.6 Å². The predicted molar refractivity (Wildman–Crippen MR) is 115 cm³/mol. The van der Waals surface area contributed by atoms with Crippen LogP contribution in [0.5, 0.6) is 0 Å². The molecule has 0 bridgehead atoms. The topological polar surface area (TPSA) is 67.2 Å². The second kappa shape index (κ2) is 8.52. The van der Waals surface area contributed by atoms with E-state index in [4.69, 9.17) is 0 Å². The first kappa shape index (κ1) is 19.2. The molecular formula is C23H28N6O. The number of hydrogen-bond donors (Lipinski definition) is 0. The fraction of sp³-hybridized carbons (Fsp3) is 0.478. The summed E-state index contributed by atoms with van der Waals surface area (Å²) in [5.41, 5.74) is 3.43. The lowest BCUT2D eigenvalue weighted by Gasteiger charge is -2.22. The van der Waals surface area contributed by atoms with Crippen LogP contribution in [0.15, 0.2) is 43.0 Å². The quantitative estimate of drug-likeness (QED) is 0.668. The van der Waals surface area contributed by atoms with Crippen LogP contribution in [0.1, 0.15) is 54.2 Å². The zero-order valence-corrected chi connectivity index (χ0v) is 17.3. The number of rotatable bonds is 4. The molecule has 2 fully saturated rings. The molecule has 156 valence electrons. The fourth-order valence-corrected chi connectivity index (χ4v) is 4.72. The van der Waals surface area contributed by atoms with E-state index >= 15 is 0 Å². The van der Waals surface area contributed by atoms with Gasteiger partial charge in [-0.1, -0.05) is 18.9 Å². The predicted octanol–water partition coefficient (Wildman–Crippen LogP) is 3.29. The molecule has 0 N–H and O–H groups in total. The van der Waals surface area contributed by atoms with Crippen LogP contribution >= 0.6 is 0 Å². The zero-order chi connectivity index (χ0) is 20.3. The molecule has 2 aliphatic rings. The van der Waals surface area contributed by atoms with Gasteiger partial charge in [0.25, 0.3) is 5.91 Å². The lowest BCUT2D eigenvalue weighted by molar-refractivity contribution is 0.0761.